The van der Waals surface area contributed by atoms with Crippen LogP contribution >= 0.6 is 0 Å². The molecule has 21 heavy (non-hydrogen) atoms. The Bertz CT molecular complexity index is 620. The van der Waals surface area contributed by atoms with Gasteiger partial charge in [-0.3, -0.25) is 5.10 Å². The Kier molecular flexibility index (Phi) is 3.66. The molecule has 0 saturated carbocycles. The maximum absolute atomic E-state index is 9.85. The number of rotatable bonds is 3. The summed E-state index contributed by atoms with van der Waals surface area (Å²) in [6.45, 7) is 2.49. The second-order valence-electron chi connectivity index (χ2n) is 5.35. The lowest BCUT2D eigenvalue weighted by molar-refractivity contribution is 0.411. The van der Waals surface area contributed by atoms with Gasteiger partial charge in [0.2, 0.25) is 5.95 Å². The van der Waals surface area contributed by atoms with Crippen LogP contribution in [-0.2, 0) is 0 Å². The number of phenolic OH excluding ortho intramolecular Hbond substituents is 2. The normalized spacial score (nSPS) is 16.3. The number of nitrogens with zero attached hydrogens (tertiary/aromatic N) is 3. The summed E-state index contributed by atoms with van der Waals surface area (Å²) >= 11 is 0. The standard InChI is InChI=1S/C14H19N5O2/c15-8-9-3-5-19(6-4-9)14-16-13(17-18-14)11-7-10(20)1-2-12(11)21/h1-2,7,9,20-21H,3-6,8,15H2,(H,16,17,18). The third-order valence-electron chi connectivity index (χ3n) is 3.94. The summed E-state index contributed by atoms with van der Waals surface area (Å²) < 4.78 is 0. The Labute approximate surface area is 122 Å². The van der Waals surface area contributed by atoms with Crippen molar-refractivity contribution in [3.8, 4) is 22.9 Å². The van der Waals surface area contributed by atoms with Crippen molar-refractivity contribution in [2.24, 2.45) is 11.7 Å². The summed E-state index contributed by atoms with van der Waals surface area (Å²) in [5.41, 5.74) is 6.13. The van der Waals surface area contributed by atoms with Crippen LogP contribution in [0.4, 0.5) is 5.95 Å². The van der Waals surface area contributed by atoms with E-state index in [9.17, 15) is 10.2 Å². The molecular formula is C14H19N5O2. The van der Waals surface area contributed by atoms with Gasteiger partial charge in [0, 0.05) is 13.1 Å². The van der Waals surface area contributed by atoms with Gasteiger partial charge in [-0.2, -0.15) is 4.98 Å². The Morgan fingerprint density at radius 1 is 1.29 bits per heavy atom. The molecular weight excluding hydrogens is 270 g/mol. The second-order valence-corrected chi connectivity index (χ2v) is 5.35. The van der Waals surface area contributed by atoms with Crippen LogP contribution in [0.1, 0.15) is 12.8 Å². The maximum Gasteiger partial charge on any atom is 0.245 e. The van der Waals surface area contributed by atoms with Gasteiger partial charge >= 0.3 is 0 Å². The smallest absolute Gasteiger partial charge is 0.245 e. The van der Waals surface area contributed by atoms with Gasteiger partial charge in [-0.05, 0) is 43.5 Å². The monoisotopic (exact) mass is 289 g/mol. The molecule has 1 aliphatic heterocycles. The summed E-state index contributed by atoms with van der Waals surface area (Å²) in [5.74, 6) is 1.76. The van der Waals surface area contributed by atoms with E-state index >= 15 is 0 Å². The van der Waals surface area contributed by atoms with Crippen molar-refractivity contribution >= 4 is 5.95 Å². The molecule has 1 saturated heterocycles. The zero-order valence-electron chi connectivity index (χ0n) is 11.7. The fourth-order valence-electron chi connectivity index (χ4n) is 2.60. The van der Waals surface area contributed by atoms with Crippen LogP contribution in [0.3, 0.4) is 0 Å². The van der Waals surface area contributed by atoms with Crippen molar-refractivity contribution in [3.05, 3.63) is 18.2 Å². The topological polar surface area (TPSA) is 111 Å². The molecule has 7 nitrogen and oxygen atoms in total. The van der Waals surface area contributed by atoms with E-state index in [1.54, 1.807) is 0 Å². The van der Waals surface area contributed by atoms with E-state index < -0.39 is 0 Å². The van der Waals surface area contributed by atoms with Gasteiger partial charge < -0.3 is 20.8 Å². The SMILES string of the molecule is NCC1CCN(c2n[nH]c(-c3cc(O)ccc3O)n2)CC1. The summed E-state index contributed by atoms with van der Waals surface area (Å²) in [5, 5.41) is 26.4. The summed E-state index contributed by atoms with van der Waals surface area (Å²) in [4.78, 5) is 6.52. The second kappa shape index (κ2) is 5.61. The molecule has 0 aliphatic carbocycles. The van der Waals surface area contributed by atoms with Crippen LogP contribution in [-0.4, -0.2) is 45.0 Å². The molecule has 0 radical (unpaired) electrons. The number of nitrogens with one attached hydrogen (secondary N) is 1. The molecule has 0 bridgehead atoms. The lowest BCUT2D eigenvalue weighted by atomic mass is 9.97. The first-order valence-electron chi connectivity index (χ1n) is 7.07. The van der Waals surface area contributed by atoms with Crippen LogP contribution in [0.15, 0.2) is 18.2 Å². The van der Waals surface area contributed by atoms with E-state index in [0.717, 1.165) is 32.5 Å². The highest BCUT2D eigenvalue weighted by atomic mass is 16.3. The Hall–Kier alpha value is -2.28. The fourth-order valence-corrected chi connectivity index (χ4v) is 2.60. The van der Waals surface area contributed by atoms with Crippen LogP contribution in [0.5, 0.6) is 11.5 Å². The summed E-state index contributed by atoms with van der Waals surface area (Å²) in [6.07, 6.45) is 2.08. The lowest BCUT2D eigenvalue weighted by Gasteiger charge is -2.30. The van der Waals surface area contributed by atoms with E-state index in [2.05, 4.69) is 20.1 Å². The first-order valence-corrected chi connectivity index (χ1v) is 7.07. The summed E-state index contributed by atoms with van der Waals surface area (Å²) in [7, 11) is 0. The minimum atomic E-state index is 0.0531. The predicted molar refractivity (Wildman–Crippen MR) is 79.1 cm³/mol. The average molecular weight is 289 g/mol. The Morgan fingerprint density at radius 3 is 2.76 bits per heavy atom. The minimum Gasteiger partial charge on any atom is -0.508 e. The van der Waals surface area contributed by atoms with Crippen molar-refractivity contribution in [1.29, 1.82) is 0 Å². The molecule has 1 aromatic heterocycles. The van der Waals surface area contributed by atoms with Crippen LogP contribution < -0.4 is 10.6 Å². The van der Waals surface area contributed by atoms with E-state index in [-0.39, 0.29) is 11.5 Å². The number of aromatic nitrogens is 3. The van der Waals surface area contributed by atoms with Gasteiger partial charge in [0.1, 0.15) is 11.5 Å². The average Bonchev–Trinajstić information content (AvgIpc) is 2.99. The van der Waals surface area contributed by atoms with Gasteiger partial charge in [-0.15, -0.1) is 5.10 Å². The molecule has 2 heterocycles. The van der Waals surface area contributed by atoms with Crippen molar-refractivity contribution in [2.45, 2.75) is 12.8 Å². The van der Waals surface area contributed by atoms with Crippen LogP contribution in [0.2, 0.25) is 0 Å². The first-order chi connectivity index (χ1) is 10.2. The Balaban J connectivity index is 1.79. The maximum atomic E-state index is 9.85. The number of hydrogen-bond donors (Lipinski definition) is 4. The number of phenols is 2. The number of aromatic amines is 1. The molecule has 1 fully saturated rings. The highest BCUT2D eigenvalue weighted by Gasteiger charge is 2.21. The van der Waals surface area contributed by atoms with Gasteiger partial charge in [0.25, 0.3) is 0 Å². The molecule has 7 heteroatoms. The molecule has 2 aromatic rings. The largest absolute Gasteiger partial charge is 0.508 e. The highest BCUT2D eigenvalue weighted by molar-refractivity contribution is 5.66. The zero-order valence-corrected chi connectivity index (χ0v) is 11.7. The van der Waals surface area contributed by atoms with Crippen LogP contribution in [0.25, 0.3) is 11.4 Å². The number of benzene rings is 1. The van der Waals surface area contributed by atoms with E-state index in [1.807, 2.05) is 0 Å². The molecule has 0 atom stereocenters. The minimum absolute atomic E-state index is 0.0531. The predicted octanol–water partition coefficient (Wildman–Crippen LogP) is 1.06. The third-order valence-corrected chi connectivity index (χ3v) is 3.94. The van der Waals surface area contributed by atoms with Gasteiger partial charge in [0.15, 0.2) is 5.82 Å². The fraction of sp³-hybridized carbons (Fsp3) is 0.429. The molecule has 1 aromatic carbocycles. The van der Waals surface area contributed by atoms with E-state index in [0.29, 0.717) is 23.3 Å². The zero-order chi connectivity index (χ0) is 14.8. The Morgan fingerprint density at radius 2 is 2.05 bits per heavy atom. The molecule has 112 valence electrons. The van der Waals surface area contributed by atoms with E-state index in [4.69, 9.17) is 5.73 Å². The molecule has 0 amide bonds. The third kappa shape index (κ3) is 2.78. The molecule has 5 N–H and O–H groups in total. The first kappa shape index (κ1) is 13.7. The van der Waals surface area contributed by atoms with Gasteiger partial charge in [0.05, 0.1) is 5.56 Å². The number of anilines is 1. The number of nitrogens with two attached hydrogens (primary N) is 1. The number of hydrogen-bond acceptors (Lipinski definition) is 6. The molecule has 1 aliphatic rings. The highest BCUT2D eigenvalue weighted by Crippen LogP contribution is 2.31. The van der Waals surface area contributed by atoms with Gasteiger partial charge in [-0.25, -0.2) is 0 Å². The van der Waals surface area contributed by atoms with Gasteiger partial charge in [-0.1, -0.05) is 0 Å². The quantitative estimate of drug-likeness (QED) is 0.629. The molecule has 0 spiro atoms. The van der Waals surface area contributed by atoms with E-state index in [1.165, 1.54) is 18.2 Å². The number of aromatic hydroxyl groups is 2. The molecule has 0 unspecified atom stereocenters. The number of H-pyrrole nitrogens is 1. The van der Waals surface area contributed by atoms with Crippen LogP contribution in [0, 0.1) is 5.92 Å². The number of piperidine rings is 1. The van der Waals surface area contributed by atoms with Crippen molar-refractivity contribution < 1.29 is 10.2 Å². The van der Waals surface area contributed by atoms with Crippen molar-refractivity contribution in [1.82, 2.24) is 15.2 Å². The van der Waals surface area contributed by atoms with Crippen molar-refractivity contribution in [2.75, 3.05) is 24.5 Å². The van der Waals surface area contributed by atoms with Crippen molar-refractivity contribution in [3.63, 3.8) is 0 Å². The lowest BCUT2D eigenvalue weighted by Crippen LogP contribution is -2.36. The molecule has 3 rings (SSSR count). The summed E-state index contributed by atoms with van der Waals surface area (Å²) in [6, 6.07) is 4.31.